The van der Waals surface area contributed by atoms with Crippen LogP contribution >= 0.6 is 0 Å². The van der Waals surface area contributed by atoms with Crippen molar-refractivity contribution in [1.29, 1.82) is 10.5 Å². The second-order valence-corrected chi connectivity index (χ2v) is 39.2. The SMILES string of the molecule is CC1(C)c2ccccc2-c2c1ccc1c2C(c2ccc(C3NC(c4ccccc4)NC(c4ccccc4)N3)cc2)c2ccccc2-1.CC1(C)c2ccccc2-c2c1ccc1c2c2ccccc2n1-c1cccc(-c2nc(-c3ccccc3)cc(-c3cccc(C#N)c3)n2)c1.CC1(C)c2ccccc2-c2c1ccc1c2c2ccccc2n1-c1cccc(-c2nc(-c3ccccc3)nc(-c3cccc(C#N)c3)n2)c1. The van der Waals surface area contributed by atoms with E-state index < -0.39 is 0 Å². The minimum absolute atomic E-state index is 0.0110. The Morgan fingerprint density at radius 1 is 0.254 bits per heavy atom. The van der Waals surface area contributed by atoms with E-state index in [0.717, 1.165) is 72.7 Å². The number of nitrogens with one attached hydrogen (secondary N) is 3. The van der Waals surface area contributed by atoms with Gasteiger partial charge in [0, 0.05) is 88.5 Å². The van der Waals surface area contributed by atoms with Crippen LogP contribution in [0, 0.1) is 22.7 Å². The van der Waals surface area contributed by atoms with Gasteiger partial charge < -0.3 is 9.13 Å². The van der Waals surface area contributed by atoms with Gasteiger partial charge in [-0.3, -0.25) is 16.0 Å². The van der Waals surface area contributed by atoms with Crippen molar-refractivity contribution in [2.45, 2.75) is 82.2 Å². The van der Waals surface area contributed by atoms with Crippen LogP contribution in [0.2, 0.25) is 0 Å². The highest BCUT2D eigenvalue weighted by atomic mass is 15.4. The molecule has 4 aliphatic carbocycles. The van der Waals surface area contributed by atoms with Crippen molar-refractivity contribution in [2.75, 3.05) is 0 Å². The van der Waals surface area contributed by atoms with Gasteiger partial charge in [-0.1, -0.05) is 393 Å². The van der Waals surface area contributed by atoms with Crippen molar-refractivity contribution in [3.05, 3.63) is 509 Å². The normalized spacial score (nSPS) is 15.9. The lowest BCUT2D eigenvalue weighted by atomic mass is 9.80. The van der Waals surface area contributed by atoms with E-state index in [1.54, 1.807) is 6.07 Å². The zero-order chi connectivity index (χ0) is 95.6. The van der Waals surface area contributed by atoms with Crippen LogP contribution in [-0.4, -0.2) is 34.1 Å². The molecule has 3 atom stereocenters. The summed E-state index contributed by atoms with van der Waals surface area (Å²) in [6, 6.07) is 156. The summed E-state index contributed by atoms with van der Waals surface area (Å²) in [6.45, 7) is 14.1. The average molecular weight is 1830 g/mol. The molecule has 0 bridgehead atoms. The van der Waals surface area contributed by atoms with Crippen LogP contribution in [0.3, 0.4) is 0 Å². The van der Waals surface area contributed by atoms with E-state index in [1.807, 2.05) is 103 Å². The molecule has 1 aliphatic heterocycles. The summed E-state index contributed by atoms with van der Waals surface area (Å²) < 4.78 is 4.74. The van der Waals surface area contributed by atoms with Crippen molar-refractivity contribution >= 4 is 43.6 Å². The largest absolute Gasteiger partial charge is 0.309 e. The van der Waals surface area contributed by atoms with Crippen LogP contribution in [0.1, 0.15) is 144 Å². The number of rotatable bonds is 12. The number of nitriles is 2. The van der Waals surface area contributed by atoms with Gasteiger partial charge >= 0.3 is 0 Å². The number of hydrogen-bond donors (Lipinski definition) is 3. The maximum absolute atomic E-state index is 9.59. The van der Waals surface area contributed by atoms with Gasteiger partial charge in [-0.25, -0.2) is 24.9 Å². The lowest BCUT2D eigenvalue weighted by Crippen LogP contribution is -2.54. The molecule has 12 nitrogen and oxygen atoms in total. The molecule has 5 heterocycles. The highest BCUT2D eigenvalue weighted by Crippen LogP contribution is 2.60. The molecule has 0 radical (unpaired) electrons. The van der Waals surface area contributed by atoms with Gasteiger partial charge in [-0.2, -0.15) is 10.5 Å². The van der Waals surface area contributed by atoms with Gasteiger partial charge in [0.25, 0.3) is 0 Å². The van der Waals surface area contributed by atoms with E-state index in [4.69, 9.17) is 24.9 Å². The molecular weight excluding hydrogens is 1730 g/mol. The molecule has 142 heavy (non-hydrogen) atoms. The fourth-order valence-electron chi connectivity index (χ4n) is 23.2. The van der Waals surface area contributed by atoms with Crippen LogP contribution in [0.25, 0.3) is 168 Å². The van der Waals surface area contributed by atoms with Gasteiger partial charge in [0.15, 0.2) is 23.3 Å². The molecular formula is C130H96N12. The van der Waals surface area contributed by atoms with Crippen molar-refractivity contribution in [1.82, 2.24) is 50.0 Å². The van der Waals surface area contributed by atoms with E-state index in [0.29, 0.717) is 34.4 Å². The first-order valence-electron chi connectivity index (χ1n) is 48.8. The van der Waals surface area contributed by atoms with E-state index in [-0.39, 0.29) is 40.7 Å². The molecule has 18 aromatic carbocycles. The fourth-order valence-corrected chi connectivity index (χ4v) is 23.2. The quantitative estimate of drug-likeness (QED) is 0.108. The zero-order valence-electron chi connectivity index (χ0n) is 79.3. The molecule has 0 amide bonds. The molecule has 1 saturated heterocycles. The monoisotopic (exact) mass is 1820 g/mol. The molecule has 3 N–H and O–H groups in total. The van der Waals surface area contributed by atoms with Gasteiger partial charge in [0.2, 0.25) is 0 Å². The zero-order valence-corrected chi connectivity index (χ0v) is 79.3. The van der Waals surface area contributed by atoms with Crippen molar-refractivity contribution in [2.24, 2.45) is 0 Å². The molecule has 4 aromatic heterocycles. The Balaban J connectivity index is 0.000000112. The third kappa shape index (κ3) is 14.5. The number of nitrogens with zero attached hydrogens (tertiary/aromatic N) is 9. The Labute approximate surface area is 825 Å². The summed E-state index contributed by atoms with van der Waals surface area (Å²) >= 11 is 0. The lowest BCUT2D eigenvalue weighted by Gasteiger charge is -2.39. The predicted octanol–water partition coefficient (Wildman–Crippen LogP) is 30.2. The molecule has 3 unspecified atom stereocenters. The Morgan fingerprint density at radius 2 is 0.606 bits per heavy atom. The summed E-state index contributed by atoms with van der Waals surface area (Å²) in [4.78, 5) is 25.0. The molecule has 0 spiro atoms. The fraction of sp³-hybridized carbons (Fsp3) is 0.100. The number of fused-ring (bicyclic) bond motifs is 21. The maximum atomic E-state index is 9.59. The standard InChI is InChI=1S/C44H30N4.C43H29N5.C43H37N3/c1-44(2)35-20-8-6-18-33(35)41-36(44)22-23-40-42(41)34-19-7-9-21-39(34)48(40)32-17-11-16-31(25-32)43-46-37(29-13-4-3-5-14-29)26-38(47-43)30-15-10-12-28(24-30)27-45;1-43(2)34-20-8-6-18-32(34)38-35(43)22-23-37-39(38)33-19-7-9-21-36(33)48(37)31-17-11-16-30(25-31)42-46-40(28-13-4-3-5-14-28)45-41(47-42)29-15-10-12-27(24-29)26-44;1-43(2)35-20-12-11-19-34(35)38-36(43)26-25-33-31-17-9-10-18-32(31)37(39(33)38)27-21-23-30(24-22-27)42-45-40(28-13-5-3-6-14-28)44-41(46-42)29-15-7-4-8-16-29/h3-26H,1-2H3;3-25H,1-2H3;3-26,37,40-42,44-46H,1-2H3. The molecule has 676 valence electrons. The van der Waals surface area contributed by atoms with E-state index in [9.17, 15) is 10.5 Å². The van der Waals surface area contributed by atoms with E-state index in [2.05, 4.69) is 400 Å². The van der Waals surface area contributed by atoms with Crippen molar-refractivity contribution in [3.8, 4) is 136 Å². The highest BCUT2D eigenvalue weighted by Gasteiger charge is 2.44. The third-order valence-electron chi connectivity index (χ3n) is 30.0. The first-order chi connectivity index (χ1) is 69.6. The molecule has 22 aromatic rings. The Morgan fingerprint density at radius 3 is 1.10 bits per heavy atom. The molecule has 27 rings (SSSR count). The first-order valence-corrected chi connectivity index (χ1v) is 48.8. The maximum Gasteiger partial charge on any atom is 0.164 e. The second-order valence-electron chi connectivity index (χ2n) is 39.2. The number of hydrogen-bond acceptors (Lipinski definition) is 10. The first kappa shape index (κ1) is 86.1. The van der Waals surface area contributed by atoms with E-state index in [1.165, 1.54) is 138 Å². The number of aromatic nitrogens is 7. The molecule has 1 fully saturated rings. The van der Waals surface area contributed by atoms with Gasteiger partial charge in [-0.05, 0) is 190 Å². The van der Waals surface area contributed by atoms with Crippen molar-refractivity contribution < 1.29 is 0 Å². The Bertz CT molecular complexity index is 8490. The summed E-state index contributed by atoms with van der Waals surface area (Å²) in [5, 5.41) is 35.6. The smallest absolute Gasteiger partial charge is 0.164 e. The Hall–Kier alpha value is -17.5. The van der Waals surface area contributed by atoms with Crippen LogP contribution in [0.15, 0.2) is 431 Å². The Kier molecular flexibility index (Phi) is 21.0. The van der Waals surface area contributed by atoms with Gasteiger partial charge in [0.1, 0.15) is 0 Å². The summed E-state index contributed by atoms with van der Waals surface area (Å²) in [5.41, 5.74) is 41.7. The second kappa shape index (κ2) is 34.6. The van der Waals surface area contributed by atoms with E-state index >= 15 is 0 Å². The van der Waals surface area contributed by atoms with Crippen LogP contribution in [0.4, 0.5) is 0 Å². The molecule has 5 aliphatic rings. The highest BCUT2D eigenvalue weighted by molar-refractivity contribution is 6.19. The molecule has 0 saturated carbocycles. The van der Waals surface area contributed by atoms with Gasteiger partial charge in [0.05, 0.1) is 75.2 Å². The molecule has 12 heteroatoms. The number of benzene rings is 18. The number of para-hydroxylation sites is 2. The minimum atomic E-state index is -0.0805. The minimum Gasteiger partial charge on any atom is -0.309 e. The van der Waals surface area contributed by atoms with Crippen LogP contribution in [0.5, 0.6) is 0 Å². The third-order valence-corrected chi connectivity index (χ3v) is 30.0. The average Bonchev–Trinajstić information content (AvgIpc) is 1.55. The van der Waals surface area contributed by atoms with Crippen molar-refractivity contribution in [3.63, 3.8) is 0 Å². The predicted molar refractivity (Wildman–Crippen MR) is 575 cm³/mol. The van der Waals surface area contributed by atoms with Crippen LogP contribution < -0.4 is 16.0 Å². The van der Waals surface area contributed by atoms with Gasteiger partial charge in [-0.15, -0.1) is 0 Å². The topological polar surface area (TPSA) is 158 Å². The van der Waals surface area contributed by atoms with Crippen LogP contribution in [-0.2, 0) is 16.2 Å². The summed E-state index contributed by atoms with van der Waals surface area (Å²) in [5.74, 6) is 2.49. The summed E-state index contributed by atoms with van der Waals surface area (Å²) in [7, 11) is 0. The summed E-state index contributed by atoms with van der Waals surface area (Å²) in [6.07, 6.45) is -0.000330. The lowest BCUT2D eigenvalue weighted by molar-refractivity contribution is 0.203.